The molecule has 4 rings (SSSR count). The van der Waals surface area contributed by atoms with Gasteiger partial charge in [-0.3, -0.25) is 0 Å². The van der Waals surface area contributed by atoms with Crippen LogP contribution in [0.2, 0.25) is 0 Å². The number of hydrogen-bond acceptors (Lipinski definition) is 3. The maximum atomic E-state index is 10.5. The molecule has 1 N–H and O–H groups in total. The highest BCUT2D eigenvalue weighted by Crippen LogP contribution is 2.43. The summed E-state index contributed by atoms with van der Waals surface area (Å²) in [5, 5.41) is 14.6. The lowest BCUT2D eigenvalue weighted by atomic mass is 9.96. The van der Waals surface area contributed by atoms with Gasteiger partial charge in [0.1, 0.15) is 0 Å². The van der Waals surface area contributed by atoms with E-state index in [9.17, 15) is 5.11 Å². The Morgan fingerprint density at radius 3 is 1.96 bits per heavy atom. The van der Waals surface area contributed by atoms with Gasteiger partial charge in [-0.05, 0) is 37.9 Å². The number of rotatable bonds is 4. The summed E-state index contributed by atoms with van der Waals surface area (Å²) in [6.07, 6.45) is -0.412. The van der Waals surface area contributed by atoms with Crippen molar-refractivity contribution in [3.8, 4) is 0 Å². The van der Waals surface area contributed by atoms with E-state index in [4.69, 9.17) is 4.74 Å². The highest BCUT2D eigenvalue weighted by molar-refractivity contribution is 7.80. The van der Waals surface area contributed by atoms with Crippen molar-refractivity contribution in [3.63, 3.8) is 0 Å². The van der Waals surface area contributed by atoms with Gasteiger partial charge in [0.2, 0.25) is 0 Å². The molecule has 4 heteroatoms. The highest BCUT2D eigenvalue weighted by Gasteiger charge is 2.35. The van der Waals surface area contributed by atoms with Gasteiger partial charge in [-0.1, -0.05) is 60.7 Å². The number of thiophene rings is 1. The lowest BCUT2D eigenvalue weighted by molar-refractivity contribution is 0.124. The quantitative estimate of drug-likeness (QED) is 0.699. The molecule has 2 heterocycles. The molecule has 2 unspecified atom stereocenters. The maximum absolute atomic E-state index is 10.5. The third-order valence-electron chi connectivity index (χ3n) is 4.95. The summed E-state index contributed by atoms with van der Waals surface area (Å²) in [6, 6.07) is 21.6. The molecule has 26 heavy (non-hydrogen) atoms. The van der Waals surface area contributed by atoms with Crippen LogP contribution in [0.3, 0.4) is 0 Å². The van der Waals surface area contributed by atoms with Crippen molar-refractivity contribution < 1.29 is 9.84 Å². The predicted octanol–water partition coefficient (Wildman–Crippen LogP) is 3.60. The summed E-state index contributed by atoms with van der Waals surface area (Å²) in [7, 11) is -0.658. The van der Waals surface area contributed by atoms with Crippen molar-refractivity contribution in [2.45, 2.75) is 25.9 Å². The summed E-state index contributed by atoms with van der Waals surface area (Å²) in [5.41, 5.74) is 1.32. The van der Waals surface area contributed by atoms with Gasteiger partial charge in [0.05, 0.1) is 19.3 Å². The van der Waals surface area contributed by atoms with Gasteiger partial charge < -0.3 is 9.84 Å². The zero-order chi connectivity index (χ0) is 18.1. The molecule has 0 saturated carbocycles. The van der Waals surface area contributed by atoms with Crippen molar-refractivity contribution in [2.75, 3.05) is 13.2 Å². The Morgan fingerprint density at radius 2 is 1.46 bits per heavy atom. The van der Waals surface area contributed by atoms with Gasteiger partial charge in [-0.15, -0.1) is 11.3 Å². The molecule has 0 aliphatic carbocycles. The van der Waals surface area contributed by atoms with Crippen LogP contribution in [0.4, 0.5) is 0 Å². The maximum Gasteiger partial charge on any atom is 0.0864 e. The average molecular weight is 382 g/mol. The van der Waals surface area contributed by atoms with E-state index in [1.807, 2.05) is 11.3 Å². The number of hydrogen-bond donors (Lipinski definition) is 1. The Bertz CT molecular complexity index is 836. The SMILES string of the molecule is Cc1sc(C)c(P(c2ccccc2)c2ccccc2)c1C1COCC1O. The van der Waals surface area contributed by atoms with Crippen molar-refractivity contribution >= 4 is 35.2 Å². The molecule has 0 amide bonds. The molecule has 1 fully saturated rings. The monoisotopic (exact) mass is 382 g/mol. The van der Waals surface area contributed by atoms with Gasteiger partial charge in [-0.2, -0.15) is 0 Å². The van der Waals surface area contributed by atoms with E-state index in [2.05, 4.69) is 74.5 Å². The average Bonchev–Trinajstić information content (AvgIpc) is 3.20. The molecule has 2 aromatic carbocycles. The topological polar surface area (TPSA) is 29.5 Å². The second-order valence-electron chi connectivity index (χ2n) is 6.69. The number of aliphatic hydroxyl groups is 1. The fourth-order valence-electron chi connectivity index (χ4n) is 3.78. The molecule has 1 saturated heterocycles. The fourth-order valence-corrected chi connectivity index (χ4v) is 7.94. The Balaban J connectivity index is 1.92. The van der Waals surface area contributed by atoms with Crippen LogP contribution >= 0.6 is 19.3 Å². The summed E-state index contributed by atoms with van der Waals surface area (Å²) < 4.78 is 5.60. The first-order valence-corrected chi connectivity index (χ1v) is 11.1. The summed E-state index contributed by atoms with van der Waals surface area (Å²) in [6.45, 7) is 5.45. The molecule has 1 aliphatic heterocycles. The molecule has 134 valence electrons. The smallest absolute Gasteiger partial charge is 0.0864 e. The largest absolute Gasteiger partial charge is 0.390 e. The lowest BCUT2D eigenvalue weighted by Crippen LogP contribution is -2.27. The van der Waals surface area contributed by atoms with Crippen LogP contribution in [0.15, 0.2) is 60.7 Å². The normalized spacial score (nSPS) is 20.0. The second-order valence-corrected chi connectivity index (χ2v) is 10.3. The van der Waals surface area contributed by atoms with Gasteiger partial charge in [0.15, 0.2) is 0 Å². The predicted molar refractivity (Wildman–Crippen MR) is 112 cm³/mol. The molecule has 0 radical (unpaired) electrons. The van der Waals surface area contributed by atoms with E-state index in [0.29, 0.717) is 13.2 Å². The zero-order valence-corrected chi connectivity index (χ0v) is 16.8. The first kappa shape index (κ1) is 17.9. The Labute approximate surface area is 160 Å². The standard InChI is InChI=1S/C22H23O2PS/c1-15-21(19-13-24-14-20(19)23)22(16(2)26-15)25(17-9-5-3-6-10-17)18-11-7-4-8-12-18/h3-12,19-20,23H,13-14H2,1-2H3. The van der Waals surface area contributed by atoms with Crippen LogP contribution in [0.25, 0.3) is 0 Å². The van der Waals surface area contributed by atoms with Crippen LogP contribution < -0.4 is 15.9 Å². The summed E-state index contributed by atoms with van der Waals surface area (Å²) in [5.74, 6) is 0.0763. The highest BCUT2D eigenvalue weighted by atomic mass is 32.1. The number of aryl methyl sites for hydroxylation is 2. The van der Waals surface area contributed by atoms with Crippen molar-refractivity contribution in [1.82, 2.24) is 0 Å². The van der Waals surface area contributed by atoms with Crippen LogP contribution in [0, 0.1) is 13.8 Å². The molecule has 0 bridgehead atoms. The Kier molecular flexibility index (Phi) is 5.24. The lowest BCUT2D eigenvalue weighted by Gasteiger charge is -2.24. The minimum atomic E-state index is -0.658. The number of aliphatic hydroxyl groups excluding tert-OH is 1. The molecule has 0 spiro atoms. The van der Waals surface area contributed by atoms with Crippen LogP contribution in [-0.4, -0.2) is 24.4 Å². The van der Waals surface area contributed by atoms with E-state index in [1.165, 1.54) is 31.2 Å². The van der Waals surface area contributed by atoms with E-state index in [0.717, 1.165) is 0 Å². The van der Waals surface area contributed by atoms with Gasteiger partial charge in [0.25, 0.3) is 0 Å². The molecule has 2 atom stereocenters. The van der Waals surface area contributed by atoms with Gasteiger partial charge in [0, 0.05) is 21.0 Å². The Hall–Kier alpha value is -1.51. The molecule has 3 aromatic rings. The third kappa shape index (κ3) is 3.25. The van der Waals surface area contributed by atoms with Crippen molar-refractivity contribution in [1.29, 1.82) is 0 Å². The molecular formula is C22H23O2PS. The minimum absolute atomic E-state index is 0.0763. The van der Waals surface area contributed by atoms with Crippen molar-refractivity contribution in [2.24, 2.45) is 0 Å². The van der Waals surface area contributed by atoms with Gasteiger partial charge >= 0.3 is 0 Å². The summed E-state index contributed by atoms with van der Waals surface area (Å²) >= 11 is 1.85. The van der Waals surface area contributed by atoms with E-state index >= 15 is 0 Å². The van der Waals surface area contributed by atoms with Crippen LogP contribution in [-0.2, 0) is 4.74 Å². The molecular weight excluding hydrogens is 359 g/mol. The van der Waals surface area contributed by atoms with Crippen molar-refractivity contribution in [3.05, 3.63) is 76.0 Å². The molecule has 1 aromatic heterocycles. The van der Waals surface area contributed by atoms with E-state index in [1.54, 1.807) is 0 Å². The first-order chi connectivity index (χ1) is 12.7. The summed E-state index contributed by atoms with van der Waals surface area (Å²) in [4.78, 5) is 2.67. The van der Waals surface area contributed by atoms with Gasteiger partial charge in [-0.25, -0.2) is 0 Å². The zero-order valence-electron chi connectivity index (χ0n) is 15.1. The van der Waals surface area contributed by atoms with E-state index in [-0.39, 0.29) is 5.92 Å². The van der Waals surface area contributed by atoms with Crippen LogP contribution in [0.1, 0.15) is 21.2 Å². The third-order valence-corrected chi connectivity index (χ3v) is 8.79. The molecule has 1 aliphatic rings. The second kappa shape index (κ2) is 7.62. The van der Waals surface area contributed by atoms with Crippen LogP contribution in [0.5, 0.6) is 0 Å². The minimum Gasteiger partial charge on any atom is -0.390 e. The molecule has 2 nitrogen and oxygen atoms in total. The first-order valence-electron chi connectivity index (χ1n) is 8.92. The Morgan fingerprint density at radius 1 is 0.885 bits per heavy atom. The van der Waals surface area contributed by atoms with E-state index < -0.39 is 14.0 Å². The number of ether oxygens (including phenoxy) is 1. The fraction of sp³-hybridized carbons (Fsp3) is 0.273. The number of benzene rings is 2.